The number of hydrogen-bond donors (Lipinski definition) is 1. The van der Waals surface area contributed by atoms with E-state index in [0.717, 1.165) is 12.0 Å². The number of nitrogens with zero attached hydrogens (tertiary/aromatic N) is 4. The Morgan fingerprint density at radius 1 is 1.35 bits per heavy atom. The molecule has 2 aromatic heterocycles. The van der Waals surface area contributed by atoms with Crippen LogP contribution in [0.1, 0.15) is 24.0 Å². The average Bonchev–Trinajstić information content (AvgIpc) is 2.68. The van der Waals surface area contributed by atoms with Crippen LogP contribution in [0, 0.1) is 23.1 Å². The monoisotopic (exact) mass is 373 g/mol. The van der Waals surface area contributed by atoms with Gasteiger partial charge in [0, 0.05) is 37.3 Å². The minimum absolute atomic E-state index is 0.0715. The zero-order valence-corrected chi connectivity index (χ0v) is 14.7. The maximum Gasteiger partial charge on any atom is 0.223 e. The minimum Gasteiger partial charge on any atom is -0.357 e. The maximum atomic E-state index is 13.2. The topological polar surface area (TPSA) is 81.9 Å². The van der Waals surface area contributed by atoms with Crippen LogP contribution in [-0.4, -0.2) is 29.0 Å². The van der Waals surface area contributed by atoms with E-state index in [2.05, 4.69) is 20.2 Å². The molecule has 0 saturated carbocycles. The standard InChI is InChI=1S/C18H17ClFN5O/c19-17-14(7-15(20)11-23-17)10-24-18(26)13-3-5-25(6-4-13)16-2-1-12(8-21)9-22-16/h1-2,7,9,11,13H,3-6,10H2,(H,24,26). The lowest BCUT2D eigenvalue weighted by atomic mass is 9.96. The van der Waals surface area contributed by atoms with Crippen molar-refractivity contribution in [3.05, 3.63) is 52.7 Å². The zero-order valence-electron chi connectivity index (χ0n) is 14.0. The molecule has 134 valence electrons. The molecule has 0 atom stereocenters. The molecule has 0 bridgehead atoms. The molecular weight excluding hydrogens is 357 g/mol. The van der Waals surface area contributed by atoms with Gasteiger partial charge >= 0.3 is 0 Å². The molecule has 8 heteroatoms. The lowest BCUT2D eigenvalue weighted by Gasteiger charge is -2.32. The summed E-state index contributed by atoms with van der Waals surface area (Å²) in [6.07, 6.45) is 3.98. The van der Waals surface area contributed by atoms with E-state index in [9.17, 15) is 9.18 Å². The van der Waals surface area contributed by atoms with E-state index in [4.69, 9.17) is 16.9 Å². The van der Waals surface area contributed by atoms with Crippen molar-refractivity contribution >= 4 is 23.3 Å². The minimum atomic E-state index is -0.484. The normalized spacial score (nSPS) is 14.7. The number of carbonyl (C=O) groups is 1. The molecule has 3 heterocycles. The third-order valence-corrected chi connectivity index (χ3v) is 4.74. The van der Waals surface area contributed by atoms with Gasteiger partial charge in [0.1, 0.15) is 22.9 Å². The Hall–Kier alpha value is -2.72. The summed E-state index contributed by atoms with van der Waals surface area (Å²) in [5.41, 5.74) is 0.979. The predicted octanol–water partition coefficient (Wildman–Crippen LogP) is 2.67. The number of piperidine rings is 1. The van der Waals surface area contributed by atoms with Crippen molar-refractivity contribution in [3.8, 4) is 6.07 Å². The van der Waals surface area contributed by atoms with Crippen LogP contribution in [0.3, 0.4) is 0 Å². The number of carbonyl (C=O) groups excluding carboxylic acids is 1. The summed E-state index contributed by atoms with van der Waals surface area (Å²) < 4.78 is 13.2. The number of hydrogen-bond acceptors (Lipinski definition) is 5. The fraction of sp³-hybridized carbons (Fsp3) is 0.333. The molecule has 0 unspecified atom stereocenters. The number of anilines is 1. The molecule has 1 aliphatic heterocycles. The summed E-state index contributed by atoms with van der Waals surface area (Å²) in [7, 11) is 0. The van der Waals surface area contributed by atoms with Gasteiger partial charge in [-0.25, -0.2) is 14.4 Å². The van der Waals surface area contributed by atoms with Gasteiger partial charge in [-0.15, -0.1) is 0 Å². The molecule has 0 aliphatic carbocycles. The van der Waals surface area contributed by atoms with Crippen LogP contribution in [0.5, 0.6) is 0 Å². The number of rotatable bonds is 4. The van der Waals surface area contributed by atoms with E-state index in [1.807, 2.05) is 12.1 Å². The third-order valence-electron chi connectivity index (χ3n) is 4.40. The fourth-order valence-electron chi connectivity index (χ4n) is 2.93. The van der Waals surface area contributed by atoms with Gasteiger partial charge in [0.15, 0.2) is 0 Å². The molecule has 1 amide bonds. The number of amides is 1. The summed E-state index contributed by atoms with van der Waals surface area (Å²) >= 11 is 5.91. The first kappa shape index (κ1) is 18.1. The van der Waals surface area contributed by atoms with Crippen molar-refractivity contribution < 1.29 is 9.18 Å². The van der Waals surface area contributed by atoms with Gasteiger partial charge in [0.05, 0.1) is 11.8 Å². The second kappa shape index (κ2) is 8.11. The molecule has 0 aromatic carbocycles. The van der Waals surface area contributed by atoms with E-state index >= 15 is 0 Å². The van der Waals surface area contributed by atoms with Crippen molar-refractivity contribution in [1.82, 2.24) is 15.3 Å². The van der Waals surface area contributed by atoms with E-state index in [1.54, 1.807) is 12.3 Å². The molecule has 0 spiro atoms. The van der Waals surface area contributed by atoms with Crippen LogP contribution in [0.4, 0.5) is 10.2 Å². The van der Waals surface area contributed by atoms with Crippen molar-refractivity contribution in [3.63, 3.8) is 0 Å². The van der Waals surface area contributed by atoms with Crippen LogP contribution in [-0.2, 0) is 11.3 Å². The molecular formula is C18H17ClFN5O. The lowest BCUT2D eigenvalue weighted by molar-refractivity contribution is -0.125. The molecule has 1 aliphatic rings. The maximum absolute atomic E-state index is 13.2. The highest BCUT2D eigenvalue weighted by molar-refractivity contribution is 6.30. The molecule has 26 heavy (non-hydrogen) atoms. The zero-order chi connectivity index (χ0) is 18.5. The molecule has 2 aromatic rings. The van der Waals surface area contributed by atoms with Gasteiger partial charge in [-0.05, 0) is 31.0 Å². The molecule has 1 fully saturated rings. The number of aromatic nitrogens is 2. The molecule has 0 radical (unpaired) electrons. The first-order valence-electron chi connectivity index (χ1n) is 8.25. The highest BCUT2D eigenvalue weighted by Gasteiger charge is 2.25. The van der Waals surface area contributed by atoms with Gasteiger partial charge in [-0.3, -0.25) is 4.79 Å². The van der Waals surface area contributed by atoms with Crippen LogP contribution >= 0.6 is 11.6 Å². The van der Waals surface area contributed by atoms with Crippen molar-refractivity contribution in [2.24, 2.45) is 5.92 Å². The van der Waals surface area contributed by atoms with Gasteiger partial charge in [0.2, 0.25) is 5.91 Å². The smallest absolute Gasteiger partial charge is 0.223 e. The van der Waals surface area contributed by atoms with E-state index < -0.39 is 5.82 Å². The third kappa shape index (κ3) is 4.27. The Morgan fingerprint density at radius 3 is 2.77 bits per heavy atom. The van der Waals surface area contributed by atoms with Crippen molar-refractivity contribution in [2.45, 2.75) is 19.4 Å². The molecule has 3 rings (SSSR count). The average molecular weight is 374 g/mol. The van der Waals surface area contributed by atoms with Crippen molar-refractivity contribution in [2.75, 3.05) is 18.0 Å². The van der Waals surface area contributed by atoms with E-state index in [-0.39, 0.29) is 23.5 Å². The Bertz CT molecular complexity index is 828. The SMILES string of the molecule is N#Cc1ccc(N2CCC(C(=O)NCc3cc(F)cnc3Cl)CC2)nc1. The van der Waals surface area contributed by atoms with Crippen LogP contribution in [0.2, 0.25) is 5.15 Å². The van der Waals surface area contributed by atoms with E-state index in [0.29, 0.717) is 37.1 Å². The largest absolute Gasteiger partial charge is 0.357 e. The Balaban J connectivity index is 1.51. The molecule has 6 nitrogen and oxygen atoms in total. The second-order valence-corrected chi connectivity index (χ2v) is 6.46. The lowest BCUT2D eigenvalue weighted by Crippen LogP contribution is -2.40. The molecule has 1 N–H and O–H groups in total. The van der Waals surface area contributed by atoms with Crippen LogP contribution < -0.4 is 10.2 Å². The molecule has 1 saturated heterocycles. The first-order chi connectivity index (χ1) is 12.6. The first-order valence-corrected chi connectivity index (χ1v) is 8.63. The summed E-state index contributed by atoms with van der Waals surface area (Å²) in [5, 5.41) is 11.8. The highest BCUT2D eigenvalue weighted by Crippen LogP contribution is 2.22. The Labute approximate surface area is 155 Å². The van der Waals surface area contributed by atoms with Gasteiger partial charge < -0.3 is 10.2 Å². The number of nitriles is 1. The Morgan fingerprint density at radius 2 is 2.12 bits per heavy atom. The number of pyridine rings is 2. The summed E-state index contributed by atoms with van der Waals surface area (Å²) in [6, 6.07) is 6.87. The quantitative estimate of drug-likeness (QED) is 0.833. The van der Waals surface area contributed by atoms with Crippen LogP contribution in [0.15, 0.2) is 30.6 Å². The summed E-state index contributed by atoms with van der Waals surface area (Å²) in [5.74, 6) is 0.144. The van der Waals surface area contributed by atoms with Crippen LogP contribution in [0.25, 0.3) is 0 Å². The fourth-order valence-corrected chi connectivity index (χ4v) is 3.10. The predicted molar refractivity (Wildman–Crippen MR) is 94.9 cm³/mol. The summed E-state index contributed by atoms with van der Waals surface area (Å²) in [4.78, 5) is 22.5. The van der Waals surface area contributed by atoms with Crippen molar-refractivity contribution in [1.29, 1.82) is 5.26 Å². The van der Waals surface area contributed by atoms with Gasteiger partial charge in [0.25, 0.3) is 0 Å². The van der Waals surface area contributed by atoms with Gasteiger partial charge in [-0.2, -0.15) is 5.26 Å². The Kier molecular flexibility index (Phi) is 5.64. The number of halogens is 2. The van der Waals surface area contributed by atoms with Gasteiger partial charge in [-0.1, -0.05) is 11.6 Å². The number of nitrogens with one attached hydrogen (secondary N) is 1. The highest BCUT2D eigenvalue weighted by atomic mass is 35.5. The van der Waals surface area contributed by atoms with E-state index in [1.165, 1.54) is 6.07 Å². The summed E-state index contributed by atoms with van der Waals surface area (Å²) in [6.45, 7) is 1.57. The second-order valence-electron chi connectivity index (χ2n) is 6.10.